The highest BCUT2D eigenvalue weighted by Gasteiger charge is 2.40. The smallest absolute Gasteiger partial charge is 0.336 e. The summed E-state index contributed by atoms with van der Waals surface area (Å²) in [7, 11) is 0. The first-order valence-corrected chi connectivity index (χ1v) is 7.07. The minimum absolute atomic E-state index is 0.0343. The van der Waals surface area contributed by atoms with E-state index < -0.39 is 29.6 Å². The Labute approximate surface area is 132 Å². The van der Waals surface area contributed by atoms with Gasteiger partial charge in [-0.1, -0.05) is 0 Å². The van der Waals surface area contributed by atoms with Crippen LogP contribution in [0.2, 0.25) is 0 Å². The van der Waals surface area contributed by atoms with Gasteiger partial charge in [0.15, 0.2) is 0 Å². The summed E-state index contributed by atoms with van der Waals surface area (Å²) in [6.45, 7) is 3.34. The van der Waals surface area contributed by atoms with Crippen LogP contribution in [0.25, 0.3) is 0 Å². The van der Waals surface area contributed by atoms with Gasteiger partial charge in [0.05, 0.1) is 18.6 Å². The number of esters is 3. The number of hydrogen-bond acceptors (Lipinski definition) is 6. The quantitative estimate of drug-likeness (QED) is 0.508. The second-order valence-corrected chi connectivity index (χ2v) is 4.94. The first-order chi connectivity index (χ1) is 10.9. The van der Waals surface area contributed by atoms with Gasteiger partial charge in [-0.2, -0.15) is 0 Å². The molecule has 0 spiro atoms. The van der Waals surface area contributed by atoms with Gasteiger partial charge in [-0.3, -0.25) is 9.59 Å². The van der Waals surface area contributed by atoms with Crippen LogP contribution < -0.4 is 5.32 Å². The topological polar surface area (TPSA) is 81.7 Å². The highest BCUT2D eigenvalue weighted by molar-refractivity contribution is 6.04. The zero-order chi connectivity index (χ0) is 17.0. The monoisotopic (exact) mass is 321 g/mol. The maximum atomic E-state index is 12.9. The molecule has 1 aromatic carbocycles. The molecule has 0 aliphatic carbocycles. The van der Waals surface area contributed by atoms with E-state index in [1.165, 1.54) is 24.3 Å². The van der Waals surface area contributed by atoms with Gasteiger partial charge in [-0.05, 0) is 38.1 Å². The largest absolute Gasteiger partial charge is 0.463 e. The minimum atomic E-state index is -1.01. The van der Waals surface area contributed by atoms with E-state index in [2.05, 4.69) is 10.1 Å². The zero-order valence-corrected chi connectivity index (χ0v) is 12.7. The number of nitrogens with one attached hydrogen (secondary N) is 1. The molecular formula is C16H16FNO5. The van der Waals surface area contributed by atoms with E-state index in [9.17, 15) is 18.8 Å². The molecule has 1 aromatic rings. The lowest BCUT2D eigenvalue weighted by atomic mass is 9.95. The molecule has 7 heteroatoms. The SMILES string of the molecule is CCOC(=O)/C(=C(\C)Nc1ccc(F)cc1)C1CC(=O)OC1=O. The van der Waals surface area contributed by atoms with Gasteiger partial charge in [-0.15, -0.1) is 0 Å². The van der Waals surface area contributed by atoms with Crippen LogP contribution in [0.3, 0.4) is 0 Å². The summed E-state index contributed by atoms with van der Waals surface area (Å²) in [5.74, 6) is -3.56. The fourth-order valence-electron chi connectivity index (χ4n) is 2.28. The highest BCUT2D eigenvalue weighted by atomic mass is 19.1. The lowest BCUT2D eigenvalue weighted by molar-refractivity contribution is -0.153. The first kappa shape index (κ1) is 16.7. The molecule has 6 nitrogen and oxygen atoms in total. The van der Waals surface area contributed by atoms with Crippen molar-refractivity contribution in [3.63, 3.8) is 0 Å². The molecule has 1 saturated heterocycles. The molecule has 1 fully saturated rings. The third-order valence-electron chi connectivity index (χ3n) is 3.29. The van der Waals surface area contributed by atoms with E-state index in [0.717, 1.165) is 0 Å². The number of cyclic esters (lactones) is 2. The molecule has 0 saturated carbocycles. The number of allylic oxidation sites excluding steroid dienone is 1. The summed E-state index contributed by atoms with van der Waals surface area (Å²) in [6, 6.07) is 5.49. The normalized spacial score (nSPS) is 18.3. The molecule has 0 aromatic heterocycles. The molecule has 2 rings (SSSR count). The van der Waals surface area contributed by atoms with Crippen LogP contribution >= 0.6 is 0 Å². The number of rotatable bonds is 5. The fraction of sp³-hybridized carbons (Fsp3) is 0.312. The summed E-state index contributed by atoms with van der Waals surface area (Å²) in [5.41, 5.74) is 0.905. The Morgan fingerprint density at radius 1 is 1.35 bits per heavy atom. The molecular weight excluding hydrogens is 305 g/mol. The molecule has 1 aliphatic heterocycles. The Morgan fingerprint density at radius 3 is 2.52 bits per heavy atom. The lowest BCUT2D eigenvalue weighted by Gasteiger charge is -2.15. The van der Waals surface area contributed by atoms with Crippen molar-refractivity contribution in [2.75, 3.05) is 11.9 Å². The third-order valence-corrected chi connectivity index (χ3v) is 3.29. The fourth-order valence-corrected chi connectivity index (χ4v) is 2.28. The van der Waals surface area contributed by atoms with Gasteiger partial charge in [0.2, 0.25) is 0 Å². The van der Waals surface area contributed by atoms with Crippen LogP contribution in [0.5, 0.6) is 0 Å². The van der Waals surface area contributed by atoms with Crippen molar-refractivity contribution >= 4 is 23.6 Å². The Kier molecular flexibility index (Phi) is 5.10. The molecule has 0 radical (unpaired) electrons. The molecule has 0 bridgehead atoms. The van der Waals surface area contributed by atoms with Crippen molar-refractivity contribution in [3.8, 4) is 0 Å². The maximum Gasteiger partial charge on any atom is 0.336 e. The summed E-state index contributed by atoms with van der Waals surface area (Å²) >= 11 is 0. The highest BCUT2D eigenvalue weighted by Crippen LogP contribution is 2.28. The van der Waals surface area contributed by atoms with Crippen LogP contribution in [-0.4, -0.2) is 24.5 Å². The molecule has 1 unspecified atom stereocenters. The second kappa shape index (κ2) is 7.04. The number of halogens is 1. The van der Waals surface area contributed by atoms with Crippen LogP contribution in [-0.2, 0) is 23.9 Å². The summed E-state index contributed by atoms with van der Waals surface area (Å²) in [5, 5.41) is 2.91. The van der Waals surface area contributed by atoms with Gasteiger partial charge in [0, 0.05) is 11.4 Å². The van der Waals surface area contributed by atoms with Crippen LogP contribution in [0.4, 0.5) is 10.1 Å². The summed E-state index contributed by atoms with van der Waals surface area (Å²) < 4.78 is 22.4. The molecule has 1 aliphatic rings. The third kappa shape index (κ3) is 3.94. The van der Waals surface area contributed by atoms with E-state index >= 15 is 0 Å². The molecule has 0 amide bonds. The number of carbonyl (C=O) groups is 3. The van der Waals surface area contributed by atoms with Gasteiger partial charge in [-0.25, -0.2) is 9.18 Å². The van der Waals surface area contributed by atoms with E-state index in [1.807, 2.05) is 0 Å². The number of anilines is 1. The summed E-state index contributed by atoms with van der Waals surface area (Å²) in [6.07, 6.45) is -0.213. The maximum absolute atomic E-state index is 12.9. The van der Waals surface area contributed by atoms with Crippen LogP contribution in [0.1, 0.15) is 20.3 Å². The average Bonchev–Trinajstić information content (AvgIpc) is 2.80. The van der Waals surface area contributed by atoms with Crippen molar-refractivity contribution in [2.45, 2.75) is 20.3 Å². The number of carbonyl (C=O) groups excluding carboxylic acids is 3. The molecule has 23 heavy (non-hydrogen) atoms. The number of benzene rings is 1. The van der Waals surface area contributed by atoms with Crippen molar-refractivity contribution in [3.05, 3.63) is 41.4 Å². The Bertz CT molecular complexity index is 666. The molecule has 1 heterocycles. The van der Waals surface area contributed by atoms with Gasteiger partial charge in [0.1, 0.15) is 11.7 Å². The number of hydrogen-bond donors (Lipinski definition) is 1. The van der Waals surface area contributed by atoms with Crippen molar-refractivity contribution in [1.82, 2.24) is 0 Å². The lowest BCUT2D eigenvalue weighted by Crippen LogP contribution is -2.23. The van der Waals surface area contributed by atoms with Gasteiger partial charge >= 0.3 is 17.9 Å². The van der Waals surface area contributed by atoms with E-state index in [-0.39, 0.29) is 18.6 Å². The van der Waals surface area contributed by atoms with E-state index in [4.69, 9.17) is 4.74 Å². The van der Waals surface area contributed by atoms with Crippen LogP contribution in [0, 0.1) is 11.7 Å². The Morgan fingerprint density at radius 2 is 2.00 bits per heavy atom. The molecule has 1 atom stereocenters. The van der Waals surface area contributed by atoms with Gasteiger partial charge < -0.3 is 14.8 Å². The molecule has 1 N–H and O–H groups in total. The van der Waals surface area contributed by atoms with Gasteiger partial charge in [0.25, 0.3) is 0 Å². The predicted octanol–water partition coefficient (Wildman–Crippen LogP) is 2.16. The number of ether oxygens (including phenoxy) is 2. The standard InChI is InChI=1S/C16H16FNO5/c1-3-22-16(21)14(12-8-13(19)23-15(12)20)9(2)18-11-6-4-10(17)5-7-11/h4-7,12,18H,3,8H2,1-2H3/b14-9+. The van der Waals surface area contributed by atoms with Crippen molar-refractivity contribution < 1.29 is 28.2 Å². The molecule has 122 valence electrons. The van der Waals surface area contributed by atoms with Crippen molar-refractivity contribution in [1.29, 1.82) is 0 Å². The summed E-state index contributed by atoms with van der Waals surface area (Å²) in [4.78, 5) is 35.2. The van der Waals surface area contributed by atoms with Crippen molar-refractivity contribution in [2.24, 2.45) is 5.92 Å². The average molecular weight is 321 g/mol. The first-order valence-electron chi connectivity index (χ1n) is 7.07. The van der Waals surface area contributed by atoms with E-state index in [1.54, 1.807) is 13.8 Å². The predicted molar refractivity (Wildman–Crippen MR) is 78.6 cm³/mol. The van der Waals surface area contributed by atoms with E-state index in [0.29, 0.717) is 11.4 Å². The second-order valence-electron chi connectivity index (χ2n) is 4.94. The Hall–Kier alpha value is -2.70. The minimum Gasteiger partial charge on any atom is -0.463 e. The zero-order valence-electron chi connectivity index (χ0n) is 12.7. The van der Waals surface area contributed by atoms with Crippen LogP contribution in [0.15, 0.2) is 35.5 Å². The Balaban J connectivity index is 2.34.